The van der Waals surface area contributed by atoms with E-state index in [2.05, 4.69) is 39.2 Å². The second-order valence-electron chi connectivity index (χ2n) is 17.3. The third-order valence-corrected chi connectivity index (χ3v) is 11.8. The maximum Gasteiger partial charge on any atom is 0.308 e. The van der Waals surface area contributed by atoms with E-state index in [4.69, 9.17) is 9.47 Å². The number of hydrogen-bond donors (Lipinski definition) is 2. The number of esters is 1. The molecular formula is C50H99NO5. The first kappa shape index (κ1) is 54.9. The largest absolute Gasteiger partial charge is 0.498 e. The van der Waals surface area contributed by atoms with Crippen molar-refractivity contribution in [2.24, 2.45) is 11.8 Å². The van der Waals surface area contributed by atoms with Gasteiger partial charge in [0, 0.05) is 19.1 Å². The van der Waals surface area contributed by atoms with Crippen molar-refractivity contribution >= 4 is 5.97 Å². The molecule has 0 rings (SSSR count). The van der Waals surface area contributed by atoms with Gasteiger partial charge < -0.3 is 24.6 Å². The molecular weight excluding hydrogens is 695 g/mol. The summed E-state index contributed by atoms with van der Waals surface area (Å²) in [6, 6.07) is 0. The highest BCUT2D eigenvalue weighted by atomic mass is 16.5. The van der Waals surface area contributed by atoms with E-state index in [1.54, 1.807) is 0 Å². The summed E-state index contributed by atoms with van der Waals surface area (Å²) in [6.45, 7) is 17.6. The molecule has 6 nitrogen and oxygen atoms in total. The van der Waals surface area contributed by atoms with E-state index in [-0.39, 0.29) is 24.6 Å². The third kappa shape index (κ3) is 36.0. The van der Waals surface area contributed by atoms with Crippen molar-refractivity contribution in [1.82, 2.24) is 4.90 Å². The monoisotopic (exact) mass is 794 g/mol. The number of carbonyl (C=O) groups excluding carboxylic acids is 1. The molecule has 0 aromatic carbocycles. The van der Waals surface area contributed by atoms with Crippen LogP contribution in [-0.4, -0.2) is 66.6 Å². The summed E-state index contributed by atoms with van der Waals surface area (Å²) in [6.07, 6.45) is 39.4. The predicted octanol–water partition coefficient (Wildman–Crippen LogP) is 14.3. The maximum atomic E-state index is 13.0. The molecule has 0 amide bonds. The van der Waals surface area contributed by atoms with Crippen LogP contribution in [0.2, 0.25) is 0 Å². The van der Waals surface area contributed by atoms with Crippen molar-refractivity contribution in [2.75, 3.05) is 39.5 Å². The summed E-state index contributed by atoms with van der Waals surface area (Å²) in [4.78, 5) is 15.4. The fraction of sp³-hybridized carbons (Fsp3) is 0.940. The Morgan fingerprint density at radius 3 is 1.38 bits per heavy atom. The molecule has 6 heteroatoms. The molecule has 2 N–H and O–H groups in total. The predicted molar refractivity (Wildman–Crippen MR) is 242 cm³/mol. The Morgan fingerprint density at radius 1 is 0.482 bits per heavy atom. The van der Waals surface area contributed by atoms with Crippen LogP contribution in [-0.2, 0) is 14.3 Å². The van der Waals surface area contributed by atoms with E-state index in [0.29, 0.717) is 19.1 Å². The molecule has 0 aromatic heterocycles. The van der Waals surface area contributed by atoms with Gasteiger partial charge in [-0.05, 0) is 90.1 Å². The van der Waals surface area contributed by atoms with Gasteiger partial charge in [0.25, 0.3) is 0 Å². The van der Waals surface area contributed by atoms with Crippen LogP contribution in [0, 0.1) is 11.8 Å². The van der Waals surface area contributed by atoms with Crippen LogP contribution in [0.5, 0.6) is 0 Å². The second-order valence-corrected chi connectivity index (χ2v) is 17.3. The highest BCUT2D eigenvalue weighted by molar-refractivity contribution is 5.72. The van der Waals surface area contributed by atoms with Crippen LogP contribution >= 0.6 is 0 Å². The molecule has 0 bridgehead atoms. The summed E-state index contributed by atoms with van der Waals surface area (Å²) in [5, 5.41) is 20.2. The van der Waals surface area contributed by atoms with Crippen molar-refractivity contribution in [3.05, 3.63) is 12.3 Å². The lowest BCUT2D eigenvalue weighted by molar-refractivity contribution is -0.149. The first-order chi connectivity index (χ1) is 27.4. The quantitative estimate of drug-likeness (QED) is 0.0363. The fourth-order valence-corrected chi connectivity index (χ4v) is 8.02. The Morgan fingerprint density at radius 2 is 0.857 bits per heavy atom. The average molecular weight is 794 g/mol. The lowest BCUT2D eigenvalue weighted by atomic mass is 9.93. The number of carbonyl (C=O) groups is 1. The smallest absolute Gasteiger partial charge is 0.308 e. The fourth-order valence-electron chi connectivity index (χ4n) is 8.02. The van der Waals surface area contributed by atoms with E-state index in [1.165, 1.54) is 135 Å². The van der Waals surface area contributed by atoms with Crippen LogP contribution in [0.25, 0.3) is 0 Å². The van der Waals surface area contributed by atoms with Gasteiger partial charge in [-0.25, -0.2) is 0 Å². The van der Waals surface area contributed by atoms with Crippen molar-refractivity contribution in [2.45, 2.75) is 252 Å². The Labute approximate surface area is 350 Å². The summed E-state index contributed by atoms with van der Waals surface area (Å²) < 4.78 is 12.1. The minimum atomic E-state index is -0.367. The number of nitrogens with zero attached hydrogens (tertiary/aromatic N) is 1. The first-order valence-corrected chi connectivity index (χ1v) is 24.9. The van der Waals surface area contributed by atoms with Gasteiger partial charge in [0.2, 0.25) is 0 Å². The number of aliphatic hydroxyl groups is 2. The molecule has 3 unspecified atom stereocenters. The van der Waals surface area contributed by atoms with Gasteiger partial charge in [-0.2, -0.15) is 0 Å². The lowest BCUT2D eigenvalue weighted by Gasteiger charge is -2.25. The normalized spacial score (nSPS) is 13.3. The standard InChI is InChI=1S/C50H99NO5/c1-6-10-14-18-20-27-36-47(35-25-16-12-8-3)46(5)55-43-33-23-22-30-40-51(41-31-24-32-42-52)45-49(53)39-29-34-44-56-50(54)48(37-26-17-13-9-4)38-28-21-19-15-11-7-2/h47-49,52-53H,5-45H2,1-4H3. The summed E-state index contributed by atoms with van der Waals surface area (Å²) in [5.74, 6) is 1.59. The molecule has 0 radical (unpaired) electrons. The average Bonchev–Trinajstić information content (AvgIpc) is 3.19. The number of rotatable bonds is 46. The molecule has 0 spiro atoms. The molecule has 0 aliphatic heterocycles. The van der Waals surface area contributed by atoms with Gasteiger partial charge in [0.05, 0.1) is 31.0 Å². The van der Waals surface area contributed by atoms with Crippen molar-refractivity contribution in [3.8, 4) is 0 Å². The summed E-state index contributed by atoms with van der Waals surface area (Å²) in [5.41, 5.74) is 0. The van der Waals surface area contributed by atoms with E-state index < -0.39 is 0 Å². The number of unbranched alkanes of at least 4 members (excludes halogenated alkanes) is 22. The molecule has 3 atom stereocenters. The molecule has 0 saturated heterocycles. The molecule has 334 valence electrons. The van der Waals surface area contributed by atoms with E-state index in [1.807, 2.05) is 0 Å². The molecule has 0 saturated carbocycles. The molecule has 0 fully saturated rings. The topological polar surface area (TPSA) is 79.2 Å². The highest BCUT2D eigenvalue weighted by Gasteiger charge is 2.20. The molecule has 56 heavy (non-hydrogen) atoms. The minimum absolute atomic E-state index is 0.00616. The van der Waals surface area contributed by atoms with Gasteiger partial charge >= 0.3 is 5.97 Å². The van der Waals surface area contributed by atoms with E-state index >= 15 is 0 Å². The van der Waals surface area contributed by atoms with Gasteiger partial charge in [0.15, 0.2) is 0 Å². The van der Waals surface area contributed by atoms with Gasteiger partial charge in [-0.1, -0.05) is 176 Å². The Kier molecular flexibility index (Phi) is 42.6. The third-order valence-electron chi connectivity index (χ3n) is 11.8. The minimum Gasteiger partial charge on any atom is -0.498 e. The number of allylic oxidation sites excluding steroid dienone is 1. The van der Waals surface area contributed by atoms with Crippen molar-refractivity contribution in [1.29, 1.82) is 0 Å². The lowest BCUT2D eigenvalue weighted by Crippen LogP contribution is -2.34. The van der Waals surface area contributed by atoms with Gasteiger partial charge in [0.1, 0.15) is 0 Å². The van der Waals surface area contributed by atoms with Gasteiger partial charge in [-0.3, -0.25) is 4.79 Å². The van der Waals surface area contributed by atoms with Crippen LogP contribution < -0.4 is 0 Å². The number of aliphatic hydroxyl groups excluding tert-OH is 2. The number of ether oxygens (including phenoxy) is 2. The van der Waals surface area contributed by atoms with E-state index in [9.17, 15) is 15.0 Å². The Hall–Kier alpha value is -1.11. The first-order valence-electron chi connectivity index (χ1n) is 24.9. The van der Waals surface area contributed by atoms with Crippen molar-refractivity contribution in [3.63, 3.8) is 0 Å². The SMILES string of the molecule is C=C(OCCCCCCN(CCCCCO)CC(O)CCCCOC(=O)C(CCCCCC)CCCCCCCC)C(CCCCCC)CCCCCCCC. The summed E-state index contributed by atoms with van der Waals surface area (Å²) in [7, 11) is 0. The second kappa shape index (κ2) is 43.5. The molecule has 0 aromatic rings. The Bertz CT molecular complexity index is 821. The zero-order valence-corrected chi connectivity index (χ0v) is 38.3. The van der Waals surface area contributed by atoms with Crippen molar-refractivity contribution < 1.29 is 24.5 Å². The zero-order chi connectivity index (χ0) is 41.2. The van der Waals surface area contributed by atoms with Crippen LogP contribution in [0.1, 0.15) is 246 Å². The summed E-state index contributed by atoms with van der Waals surface area (Å²) >= 11 is 0. The van der Waals surface area contributed by atoms with Gasteiger partial charge in [-0.15, -0.1) is 0 Å². The number of hydrogen-bond acceptors (Lipinski definition) is 6. The Balaban J connectivity index is 4.55. The molecule has 0 aliphatic carbocycles. The maximum absolute atomic E-state index is 13.0. The van der Waals surface area contributed by atoms with Crippen LogP contribution in [0.15, 0.2) is 12.3 Å². The molecule has 0 aliphatic rings. The van der Waals surface area contributed by atoms with E-state index in [0.717, 1.165) is 109 Å². The zero-order valence-electron chi connectivity index (χ0n) is 38.3. The van der Waals surface area contributed by atoms with Crippen LogP contribution in [0.4, 0.5) is 0 Å². The highest BCUT2D eigenvalue weighted by Crippen LogP contribution is 2.26. The van der Waals surface area contributed by atoms with Crippen LogP contribution in [0.3, 0.4) is 0 Å². The molecule has 0 heterocycles.